The number of hydrogen-bond acceptors (Lipinski definition) is 25. The molecule has 9 N–H and O–H groups in total. The molecular formula is C64H41Br4Cl11N8O17S8. The maximum Gasteiger partial charge on any atom is 0.347 e. The molecule has 592 valence electrons. The molecule has 0 saturated carbocycles. The van der Waals surface area contributed by atoms with Gasteiger partial charge in [0.15, 0.2) is 23.0 Å². The second-order valence-electron chi connectivity index (χ2n) is 20.0. The number of aromatic carboxylic acids is 1. The van der Waals surface area contributed by atoms with Crippen molar-refractivity contribution in [1.29, 1.82) is 0 Å². The number of anilines is 4. The van der Waals surface area contributed by atoms with E-state index < -0.39 is 94.3 Å². The summed E-state index contributed by atoms with van der Waals surface area (Å²) < 4.78 is 104. The molecule has 1 amide bonds. The van der Waals surface area contributed by atoms with Crippen LogP contribution in [0.5, 0.6) is 23.0 Å². The molecule has 0 fully saturated rings. The Morgan fingerprint density at radius 2 is 0.679 bits per heavy atom. The zero-order chi connectivity index (χ0) is 83.8. The summed E-state index contributed by atoms with van der Waals surface area (Å²) in [6.45, 7) is 0. The minimum atomic E-state index is -4.51. The molecule has 48 heteroatoms. The molecule has 0 aliphatic heterocycles. The third-order valence-corrected chi connectivity index (χ3v) is 25.7. The number of carboxylic acid groups (broad SMARTS) is 1. The van der Waals surface area contributed by atoms with E-state index in [9.17, 15) is 73.3 Å². The van der Waals surface area contributed by atoms with Crippen LogP contribution in [-0.4, -0.2) is 102 Å². The summed E-state index contributed by atoms with van der Waals surface area (Å²) in [7, 11) is -11.4. The van der Waals surface area contributed by atoms with Gasteiger partial charge >= 0.3 is 5.97 Å². The molecule has 0 aliphatic rings. The number of nitrogen functional groups attached to an aromatic ring is 1. The van der Waals surface area contributed by atoms with Crippen LogP contribution >= 0.6 is 236 Å². The zero-order valence-electron chi connectivity index (χ0n) is 54.4. The highest BCUT2D eigenvalue weighted by Gasteiger charge is 2.36. The molecule has 0 radical (unpaired) electrons. The van der Waals surface area contributed by atoms with E-state index in [1.165, 1.54) is 156 Å². The number of aromatic nitrogens is 4. The Labute approximate surface area is 741 Å². The average Bonchev–Trinajstić information content (AvgIpc) is 0.782. The zero-order valence-corrected chi connectivity index (χ0v) is 75.6. The molecule has 4 heterocycles. The molecular weight excluding hydrogens is 2120 g/mol. The first-order valence-electron chi connectivity index (χ1n) is 28.6. The van der Waals surface area contributed by atoms with E-state index >= 15 is 0 Å². The molecule has 0 saturated heterocycles. The number of hydrogen-bond donors (Lipinski definition) is 8. The Hall–Kier alpha value is -5.93. The van der Waals surface area contributed by atoms with Crippen LogP contribution in [0.3, 0.4) is 0 Å². The molecule has 0 unspecified atom stereocenters. The first kappa shape index (κ1) is 96.7. The molecule has 4 aromatic heterocycles. The molecule has 12 aromatic rings. The smallest absolute Gasteiger partial charge is 0.347 e. The van der Waals surface area contributed by atoms with E-state index in [4.69, 9.17) is 138 Å². The van der Waals surface area contributed by atoms with Gasteiger partial charge in [-0.25, -0.2) is 38.5 Å². The quantitative estimate of drug-likeness (QED) is 0.0370. The Morgan fingerprint density at radius 1 is 0.402 bits per heavy atom. The average molecular weight is 2160 g/mol. The van der Waals surface area contributed by atoms with E-state index in [0.29, 0.717) is 58.4 Å². The van der Waals surface area contributed by atoms with Crippen LogP contribution in [0.25, 0.3) is 0 Å². The molecule has 25 nitrogen and oxygen atoms in total. The minimum absolute atomic E-state index is 0.0493. The first-order valence-corrected chi connectivity index (χ1v) is 45.8. The highest BCUT2D eigenvalue weighted by molar-refractivity contribution is 9.11. The lowest BCUT2D eigenvalue weighted by Crippen LogP contribution is -2.36. The van der Waals surface area contributed by atoms with Gasteiger partial charge in [-0.1, -0.05) is 157 Å². The number of amides is 1. The highest BCUT2D eigenvalue weighted by atomic mass is 79.9. The summed E-state index contributed by atoms with van der Waals surface area (Å²) >= 11 is 73.0. The fourth-order valence-electron chi connectivity index (χ4n) is 7.29. The van der Waals surface area contributed by atoms with Crippen LogP contribution in [0, 0.1) is 0 Å². The Balaban J connectivity index is 0.000000239. The van der Waals surface area contributed by atoms with Gasteiger partial charge in [0.2, 0.25) is 0 Å². The summed E-state index contributed by atoms with van der Waals surface area (Å²) in [4.78, 5) is 58.0. The summed E-state index contributed by atoms with van der Waals surface area (Å²) in [6, 6.07) is 35.3. The fourth-order valence-corrected chi connectivity index (χ4v) is 19.1. The molecule has 0 atom stereocenters. The number of phenols is 4. The van der Waals surface area contributed by atoms with Crippen LogP contribution in [0.2, 0.25) is 40.2 Å². The maximum absolute atomic E-state index is 13.3. The normalized spacial score (nSPS) is 10.7. The van der Waals surface area contributed by atoms with Gasteiger partial charge in [-0.05, 0) is 169 Å². The summed E-state index contributed by atoms with van der Waals surface area (Å²) in [5, 5.41) is 48.1. The van der Waals surface area contributed by atoms with E-state index in [-0.39, 0.29) is 45.3 Å². The summed E-state index contributed by atoms with van der Waals surface area (Å²) in [6.07, 6.45) is 5.48. The number of aromatic hydroxyl groups is 4. The number of nitrogens with zero attached hydrogens (tertiary/aromatic N) is 5. The Kier molecular flexibility index (Phi) is 38.8. The number of carbonyl (C=O) groups is 4. The lowest BCUT2D eigenvalue weighted by Gasteiger charge is -2.23. The fraction of sp³-hybridized carbons (Fsp3) is 0. The van der Waals surface area contributed by atoms with Crippen molar-refractivity contribution < 1.29 is 78.4 Å². The number of carbonyl (C=O) groups excluding carboxylic acids is 3. The van der Waals surface area contributed by atoms with Gasteiger partial charge in [0, 0.05) is 78.1 Å². The number of phenolic OH excluding ortho intramolecular Hbond substituents is 4. The van der Waals surface area contributed by atoms with Gasteiger partial charge in [0.1, 0.15) is 39.1 Å². The third-order valence-electron chi connectivity index (χ3n) is 12.2. The van der Waals surface area contributed by atoms with Crippen molar-refractivity contribution in [2.45, 2.75) is 19.6 Å². The summed E-state index contributed by atoms with van der Waals surface area (Å²) in [5.41, 5.74) is 12.8. The second kappa shape index (κ2) is 45.0. The molecule has 112 heavy (non-hydrogen) atoms. The number of nitrogens with two attached hydrogens (primary N) is 1. The number of rotatable bonds is 14. The van der Waals surface area contributed by atoms with Gasteiger partial charge < -0.3 is 31.3 Å². The molecule has 12 rings (SSSR count). The predicted molar refractivity (Wildman–Crippen MR) is 458 cm³/mol. The topological polar surface area (TPSA) is 411 Å². The van der Waals surface area contributed by atoms with Crippen molar-refractivity contribution in [3.8, 4) is 23.0 Å². The van der Waals surface area contributed by atoms with Crippen LogP contribution < -0.4 is 19.5 Å². The van der Waals surface area contributed by atoms with Crippen molar-refractivity contribution in [3.05, 3.63) is 270 Å². The predicted octanol–water partition coefficient (Wildman–Crippen LogP) is 22.0. The number of halogens is 15. The second-order valence-corrected chi connectivity index (χ2v) is 38.9. The number of carboxylic acids is 1. The van der Waals surface area contributed by atoms with Gasteiger partial charge in [-0.2, -0.15) is 4.31 Å². The van der Waals surface area contributed by atoms with Crippen LogP contribution in [0.15, 0.2) is 230 Å². The Bertz CT molecular complexity index is 5470. The number of nitrogens with one attached hydrogen (secondary N) is 2. The minimum Gasteiger partial charge on any atom is -0.505 e. The lowest BCUT2D eigenvalue weighted by atomic mass is 10.3. The number of sulfonamides is 3. The van der Waals surface area contributed by atoms with Crippen molar-refractivity contribution in [2.75, 3.05) is 19.5 Å². The monoisotopic (exact) mass is 2150 g/mol. The molecule has 8 aromatic carbocycles. The number of benzene rings is 8. The SMILES string of the molecule is Nc1ccc(Cl)cc1.O=C(Cl)c1cncs1.O=C(Cl)c1cncs1.O=C(O)c1cncs1.O=C(c1cncs1)N(c1ccc(Cl)cc1)S(=O)(=O)c1cc(Br)cc(Cl)c1O.O=S(=O)(Cl)c1cc(Br)cc(Cl)c1O.O=S(=O)(Nc1ccc(Cl)cc1)c1cc(Br)cc(Cl)c1O.O=S(=O)(Nc1ccc(Cl)cc1)c1cc(Br)cc(Cl)c1O. The molecule has 0 spiro atoms. The molecule has 0 bridgehead atoms. The van der Waals surface area contributed by atoms with Crippen LogP contribution in [0.1, 0.15) is 38.7 Å². The van der Waals surface area contributed by atoms with Gasteiger partial charge in [-0.15, -0.1) is 45.3 Å². The summed E-state index contributed by atoms with van der Waals surface area (Å²) in [5.74, 6) is -3.94. The van der Waals surface area contributed by atoms with E-state index in [1.54, 1.807) is 59.6 Å². The van der Waals surface area contributed by atoms with E-state index in [1.807, 2.05) is 0 Å². The van der Waals surface area contributed by atoms with Gasteiger partial charge in [0.05, 0.1) is 60.2 Å². The van der Waals surface area contributed by atoms with E-state index in [0.717, 1.165) is 33.4 Å². The number of thiazole rings is 4. The van der Waals surface area contributed by atoms with E-state index in [2.05, 4.69) is 93.1 Å². The first-order chi connectivity index (χ1) is 52.3. The third kappa shape index (κ3) is 30.6. The Morgan fingerprint density at radius 3 is 0.955 bits per heavy atom. The van der Waals surface area contributed by atoms with Crippen LogP contribution in [0.4, 0.5) is 22.7 Å². The van der Waals surface area contributed by atoms with Crippen molar-refractivity contribution in [1.82, 2.24) is 19.9 Å². The van der Waals surface area contributed by atoms with Gasteiger partial charge in [0.25, 0.3) is 55.5 Å². The van der Waals surface area contributed by atoms with Crippen molar-refractivity contribution in [3.63, 3.8) is 0 Å². The molecule has 0 aliphatic carbocycles. The largest absolute Gasteiger partial charge is 0.505 e. The standard InChI is InChI=1S/C16H9BrCl2N2O4S2.2C12H8BrCl2NO3S.C6H3BrCl2O3S.C6H6ClN.2C4H2ClNOS.C4H3NO2S/c17-9-5-12(19)15(22)14(6-9)27(24,25)21(11-3-1-10(18)2-4-11)16(23)13-7-20-8-26-13;2*13-7-5-10(15)12(17)11(6-7)20(18,19)16-9-3-1-8(14)2-4-9;7-3-1-4(8)6(10)5(2-3)13(9,11)12;7-5-1-3-6(8)4-2-5;2*5-4(7)3-1-6-2-8-3;6-4(7)3-1-5-2-8-3/h1-8,22H;2*1-6,16-17H;1-2,10H;1-4H,8H2;2*1-2H;1-2H,(H,6,7). The van der Waals surface area contributed by atoms with Crippen LogP contribution in [-0.2, 0) is 39.1 Å². The van der Waals surface area contributed by atoms with Crippen molar-refractivity contribution in [2.24, 2.45) is 0 Å². The maximum atomic E-state index is 13.3. The lowest BCUT2D eigenvalue weighted by molar-refractivity contribution is 0.0701. The van der Waals surface area contributed by atoms with Crippen molar-refractivity contribution >= 4 is 320 Å². The highest BCUT2D eigenvalue weighted by Crippen LogP contribution is 2.41. The van der Waals surface area contributed by atoms with Gasteiger partial charge in [-0.3, -0.25) is 43.8 Å².